The lowest BCUT2D eigenvalue weighted by atomic mass is 9.91. The van der Waals surface area contributed by atoms with Crippen molar-refractivity contribution in [3.8, 4) is 0 Å². The Morgan fingerprint density at radius 3 is 2.73 bits per heavy atom. The molecule has 0 bridgehead atoms. The highest BCUT2D eigenvalue weighted by molar-refractivity contribution is 7.09. The van der Waals surface area contributed by atoms with Crippen molar-refractivity contribution in [3.05, 3.63) is 57.8 Å². The number of rotatable bonds is 3. The fraction of sp³-hybridized carbons (Fsp3) is 0.200. The van der Waals surface area contributed by atoms with Crippen LogP contribution in [-0.2, 0) is 16.9 Å². The van der Waals surface area contributed by atoms with Crippen LogP contribution in [0.25, 0.3) is 0 Å². The predicted molar refractivity (Wildman–Crippen MR) is 77.1 cm³/mol. The van der Waals surface area contributed by atoms with Crippen molar-refractivity contribution in [2.75, 3.05) is 0 Å². The molecule has 3 amide bonds. The molecule has 1 aliphatic heterocycles. The molecule has 114 valence electrons. The first-order chi connectivity index (χ1) is 10.4. The molecular formula is C15H12F2N2O2S. The van der Waals surface area contributed by atoms with E-state index in [1.165, 1.54) is 18.3 Å². The van der Waals surface area contributed by atoms with E-state index in [9.17, 15) is 18.4 Å². The molecule has 1 atom stereocenters. The zero-order valence-corrected chi connectivity index (χ0v) is 12.4. The van der Waals surface area contributed by atoms with Crippen LogP contribution >= 0.6 is 11.3 Å². The van der Waals surface area contributed by atoms with Crippen molar-refractivity contribution in [1.29, 1.82) is 0 Å². The van der Waals surface area contributed by atoms with Crippen LogP contribution in [0.2, 0.25) is 0 Å². The van der Waals surface area contributed by atoms with E-state index in [4.69, 9.17) is 0 Å². The first-order valence-electron chi connectivity index (χ1n) is 6.54. The standard InChI is InChI=1S/C15H12F2N2O2S/c1-15(11-7-9(16)4-5-12(11)17)13(20)19(14(21)18-15)8-10-3-2-6-22-10/h2-7H,8H2,1H3,(H,18,21)/t15-/m0/s1. The smallest absolute Gasteiger partial charge is 0.319 e. The highest BCUT2D eigenvalue weighted by atomic mass is 32.1. The van der Waals surface area contributed by atoms with Gasteiger partial charge >= 0.3 is 6.03 Å². The Labute approximate surface area is 129 Å². The van der Waals surface area contributed by atoms with Gasteiger partial charge in [0.2, 0.25) is 0 Å². The molecule has 4 nitrogen and oxygen atoms in total. The normalized spacial score (nSPS) is 21.3. The maximum absolute atomic E-state index is 14.0. The van der Waals surface area contributed by atoms with Crippen LogP contribution in [-0.4, -0.2) is 16.8 Å². The molecule has 0 saturated carbocycles. The molecule has 1 saturated heterocycles. The summed E-state index contributed by atoms with van der Waals surface area (Å²) in [6.07, 6.45) is 0. The number of thiophene rings is 1. The van der Waals surface area contributed by atoms with Gasteiger partial charge in [0.05, 0.1) is 6.54 Å². The molecule has 0 aliphatic carbocycles. The summed E-state index contributed by atoms with van der Waals surface area (Å²) in [6.45, 7) is 1.48. The minimum absolute atomic E-state index is 0.106. The Bertz CT molecular complexity index is 748. The van der Waals surface area contributed by atoms with Gasteiger partial charge in [-0.1, -0.05) is 6.07 Å². The van der Waals surface area contributed by atoms with Gasteiger partial charge in [0.15, 0.2) is 0 Å². The van der Waals surface area contributed by atoms with Gasteiger partial charge in [-0.3, -0.25) is 9.69 Å². The largest absolute Gasteiger partial charge is 0.325 e. The molecule has 1 aromatic heterocycles. The van der Waals surface area contributed by atoms with Crippen molar-refractivity contribution in [2.45, 2.75) is 19.0 Å². The van der Waals surface area contributed by atoms with Gasteiger partial charge in [0.25, 0.3) is 5.91 Å². The predicted octanol–water partition coefficient (Wildman–Crippen LogP) is 2.99. The summed E-state index contributed by atoms with van der Waals surface area (Å²) < 4.78 is 27.4. The molecule has 1 fully saturated rings. The lowest BCUT2D eigenvalue weighted by Gasteiger charge is -2.22. The van der Waals surface area contributed by atoms with Crippen molar-refractivity contribution in [3.63, 3.8) is 0 Å². The first-order valence-corrected chi connectivity index (χ1v) is 7.42. The number of urea groups is 1. The fourth-order valence-corrected chi connectivity index (χ4v) is 3.15. The fourth-order valence-electron chi connectivity index (χ4n) is 2.46. The van der Waals surface area contributed by atoms with Crippen molar-refractivity contribution in [1.82, 2.24) is 10.2 Å². The third-order valence-electron chi connectivity index (χ3n) is 3.64. The van der Waals surface area contributed by atoms with Crippen LogP contribution in [0.1, 0.15) is 17.4 Å². The number of hydrogen-bond acceptors (Lipinski definition) is 3. The monoisotopic (exact) mass is 322 g/mol. The molecular weight excluding hydrogens is 310 g/mol. The lowest BCUT2D eigenvalue weighted by Crippen LogP contribution is -2.41. The Morgan fingerprint density at radius 2 is 2.05 bits per heavy atom. The number of nitrogens with zero attached hydrogens (tertiary/aromatic N) is 1. The van der Waals surface area contributed by atoms with Crippen molar-refractivity contribution in [2.24, 2.45) is 0 Å². The Hall–Kier alpha value is -2.28. The third-order valence-corrected chi connectivity index (χ3v) is 4.50. The van der Waals surface area contributed by atoms with E-state index in [0.717, 1.165) is 28.0 Å². The van der Waals surface area contributed by atoms with Crippen LogP contribution in [0.4, 0.5) is 13.6 Å². The summed E-state index contributed by atoms with van der Waals surface area (Å²) in [5, 5.41) is 4.29. The molecule has 1 N–H and O–H groups in total. The van der Waals surface area contributed by atoms with Gasteiger partial charge in [-0.05, 0) is 36.6 Å². The number of hydrogen-bond donors (Lipinski definition) is 1. The number of benzene rings is 1. The average Bonchev–Trinajstić information content (AvgIpc) is 3.05. The first kappa shape index (κ1) is 14.6. The summed E-state index contributed by atoms with van der Waals surface area (Å²) in [5.41, 5.74) is -1.79. The number of halogens is 2. The third kappa shape index (κ3) is 2.27. The molecule has 22 heavy (non-hydrogen) atoms. The zero-order chi connectivity index (χ0) is 15.9. The SMILES string of the molecule is C[C@@]1(c2cc(F)ccc2F)NC(=O)N(Cc2cccs2)C1=O. The van der Waals surface area contributed by atoms with Gasteiger partial charge in [0, 0.05) is 10.4 Å². The second kappa shape index (κ2) is 5.17. The van der Waals surface area contributed by atoms with E-state index in [1.54, 1.807) is 6.07 Å². The van der Waals surface area contributed by atoms with Crippen LogP contribution in [0.3, 0.4) is 0 Å². The van der Waals surface area contributed by atoms with E-state index >= 15 is 0 Å². The number of imide groups is 1. The second-order valence-electron chi connectivity index (χ2n) is 5.15. The summed E-state index contributed by atoms with van der Waals surface area (Å²) in [7, 11) is 0. The van der Waals surface area contributed by atoms with Crippen LogP contribution in [0.5, 0.6) is 0 Å². The van der Waals surface area contributed by atoms with E-state index in [-0.39, 0.29) is 12.1 Å². The van der Waals surface area contributed by atoms with E-state index in [2.05, 4.69) is 5.32 Å². The Morgan fingerprint density at radius 1 is 1.27 bits per heavy atom. The molecule has 1 aliphatic rings. The van der Waals surface area contributed by atoms with E-state index in [1.807, 2.05) is 11.4 Å². The molecule has 0 spiro atoms. The lowest BCUT2D eigenvalue weighted by molar-refractivity contribution is -0.131. The van der Waals surface area contributed by atoms with Gasteiger partial charge in [-0.2, -0.15) is 0 Å². The maximum atomic E-state index is 14.0. The summed E-state index contributed by atoms with van der Waals surface area (Å²) in [4.78, 5) is 26.5. The summed E-state index contributed by atoms with van der Waals surface area (Å²) in [5.74, 6) is -2.01. The molecule has 0 radical (unpaired) electrons. The Balaban J connectivity index is 1.97. The molecule has 3 rings (SSSR count). The highest BCUT2D eigenvalue weighted by Gasteiger charge is 2.50. The molecule has 2 heterocycles. The minimum atomic E-state index is -1.61. The number of nitrogens with one attached hydrogen (secondary N) is 1. The molecule has 7 heteroatoms. The van der Waals surface area contributed by atoms with E-state index in [0.29, 0.717) is 0 Å². The van der Waals surface area contributed by atoms with E-state index < -0.39 is 29.1 Å². The second-order valence-corrected chi connectivity index (χ2v) is 6.18. The van der Waals surface area contributed by atoms with Crippen molar-refractivity contribution < 1.29 is 18.4 Å². The molecule has 1 aromatic carbocycles. The minimum Gasteiger partial charge on any atom is -0.319 e. The maximum Gasteiger partial charge on any atom is 0.325 e. The van der Waals surface area contributed by atoms with Crippen LogP contribution in [0.15, 0.2) is 35.7 Å². The van der Waals surface area contributed by atoms with Gasteiger partial charge in [-0.25, -0.2) is 13.6 Å². The van der Waals surface area contributed by atoms with Gasteiger partial charge in [0.1, 0.15) is 17.2 Å². The molecule has 0 unspecified atom stereocenters. The topological polar surface area (TPSA) is 49.4 Å². The van der Waals surface area contributed by atoms with Gasteiger partial charge in [-0.15, -0.1) is 11.3 Å². The average molecular weight is 322 g/mol. The highest BCUT2D eigenvalue weighted by Crippen LogP contribution is 2.32. The quantitative estimate of drug-likeness (QED) is 0.883. The summed E-state index contributed by atoms with van der Waals surface area (Å²) >= 11 is 1.41. The number of carbonyl (C=O) groups excluding carboxylic acids is 2. The number of amides is 3. The van der Waals surface area contributed by atoms with Gasteiger partial charge < -0.3 is 5.32 Å². The van der Waals surface area contributed by atoms with Crippen LogP contribution in [0, 0.1) is 11.6 Å². The van der Waals surface area contributed by atoms with Crippen molar-refractivity contribution >= 4 is 23.3 Å². The number of carbonyl (C=O) groups is 2. The summed E-state index contributed by atoms with van der Waals surface area (Å²) in [6, 6.07) is 5.82. The molecule has 2 aromatic rings. The van der Waals surface area contributed by atoms with Crippen LogP contribution < -0.4 is 5.32 Å². The Kier molecular flexibility index (Phi) is 3.44. The zero-order valence-electron chi connectivity index (χ0n) is 11.6.